The van der Waals surface area contributed by atoms with Crippen LogP contribution in [0, 0.1) is 0 Å². The molecule has 0 spiro atoms. The Morgan fingerprint density at radius 1 is 1.50 bits per heavy atom. The van der Waals surface area contributed by atoms with Gasteiger partial charge in [-0.05, 0) is 26.0 Å². The summed E-state index contributed by atoms with van der Waals surface area (Å²) in [6.45, 7) is 7.26. The van der Waals surface area contributed by atoms with Crippen molar-refractivity contribution >= 4 is 11.8 Å². The van der Waals surface area contributed by atoms with E-state index in [1.54, 1.807) is 0 Å². The maximum Gasteiger partial charge on any atom is 0.0284 e. The van der Waals surface area contributed by atoms with Crippen LogP contribution in [-0.2, 0) is 0 Å². The maximum absolute atomic E-state index is 3.50. The minimum Gasteiger partial charge on any atom is -0.312 e. The molecule has 82 valence electrons. The number of hydrogen-bond donors (Lipinski definition) is 1. The highest BCUT2D eigenvalue weighted by Gasteiger charge is 2.38. The minimum absolute atomic E-state index is 0.622. The monoisotopic (exact) mass is 214 g/mol. The summed E-state index contributed by atoms with van der Waals surface area (Å²) in [5, 5.41) is 3.50. The molecule has 0 aromatic heterocycles. The number of rotatable bonds is 3. The number of hydrogen-bond acceptors (Lipinski definition) is 3. The Labute approximate surface area is 91.8 Å². The average molecular weight is 214 g/mol. The zero-order valence-corrected chi connectivity index (χ0v) is 10.2. The van der Waals surface area contributed by atoms with E-state index in [-0.39, 0.29) is 0 Å². The third-order valence-corrected chi connectivity index (χ3v) is 5.07. The molecule has 1 atom stereocenters. The van der Waals surface area contributed by atoms with E-state index < -0.39 is 0 Å². The summed E-state index contributed by atoms with van der Waals surface area (Å²) < 4.78 is 0.622. The van der Waals surface area contributed by atoms with Gasteiger partial charge in [0.25, 0.3) is 0 Å². The predicted molar refractivity (Wildman–Crippen MR) is 64.0 cm³/mol. The largest absolute Gasteiger partial charge is 0.312 e. The molecule has 2 fully saturated rings. The molecule has 0 radical (unpaired) electrons. The van der Waals surface area contributed by atoms with E-state index >= 15 is 0 Å². The molecule has 1 aliphatic heterocycles. The molecule has 3 heteroatoms. The summed E-state index contributed by atoms with van der Waals surface area (Å²) >= 11 is 2.09. The second kappa shape index (κ2) is 4.42. The molecule has 1 N–H and O–H groups in total. The first kappa shape index (κ1) is 10.8. The van der Waals surface area contributed by atoms with Gasteiger partial charge in [-0.2, -0.15) is 11.8 Å². The highest BCUT2D eigenvalue weighted by atomic mass is 32.2. The van der Waals surface area contributed by atoms with E-state index in [9.17, 15) is 0 Å². The van der Waals surface area contributed by atoms with Gasteiger partial charge in [0.2, 0.25) is 0 Å². The summed E-state index contributed by atoms with van der Waals surface area (Å²) in [7, 11) is 0. The summed E-state index contributed by atoms with van der Waals surface area (Å²) in [5.41, 5.74) is 0. The van der Waals surface area contributed by atoms with Gasteiger partial charge in [-0.1, -0.05) is 6.42 Å². The number of nitrogens with zero attached hydrogens (tertiary/aromatic N) is 1. The molecule has 1 unspecified atom stereocenters. The van der Waals surface area contributed by atoms with Gasteiger partial charge in [0.15, 0.2) is 0 Å². The van der Waals surface area contributed by atoms with Crippen LogP contribution >= 0.6 is 11.8 Å². The van der Waals surface area contributed by atoms with E-state index in [4.69, 9.17) is 0 Å². The minimum atomic E-state index is 0.622. The van der Waals surface area contributed by atoms with E-state index in [1.807, 2.05) is 0 Å². The lowest BCUT2D eigenvalue weighted by Gasteiger charge is -2.45. The van der Waals surface area contributed by atoms with Crippen LogP contribution in [0.2, 0.25) is 0 Å². The smallest absolute Gasteiger partial charge is 0.0284 e. The van der Waals surface area contributed by atoms with E-state index in [0.717, 1.165) is 0 Å². The summed E-state index contributed by atoms with van der Waals surface area (Å²) in [4.78, 5) is 2.65. The van der Waals surface area contributed by atoms with E-state index in [0.29, 0.717) is 10.8 Å². The molecular weight excluding hydrogens is 192 g/mol. The maximum atomic E-state index is 3.50. The lowest BCUT2D eigenvalue weighted by Crippen LogP contribution is -2.54. The van der Waals surface area contributed by atoms with Crippen molar-refractivity contribution in [1.29, 1.82) is 0 Å². The number of nitrogens with one attached hydrogen (secondary N) is 1. The van der Waals surface area contributed by atoms with Crippen LogP contribution in [0.1, 0.15) is 26.2 Å². The Morgan fingerprint density at radius 2 is 2.29 bits per heavy atom. The van der Waals surface area contributed by atoms with E-state index in [1.165, 1.54) is 45.4 Å². The lowest BCUT2D eigenvalue weighted by molar-refractivity contribution is 0.162. The summed E-state index contributed by atoms with van der Waals surface area (Å²) in [6.07, 6.45) is 6.60. The SMILES string of the molecule is CSC1(CN2CCNC(C)C2)CCC1. The van der Waals surface area contributed by atoms with Gasteiger partial charge >= 0.3 is 0 Å². The van der Waals surface area contributed by atoms with Gasteiger partial charge in [-0.15, -0.1) is 0 Å². The fourth-order valence-electron chi connectivity index (χ4n) is 2.56. The van der Waals surface area contributed by atoms with Crippen molar-refractivity contribution in [2.45, 2.75) is 37.0 Å². The molecule has 0 amide bonds. The molecule has 2 aliphatic rings. The van der Waals surface area contributed by atoms with Crippen LogP contribution in [0.5, 0.6) is 0 Å². The fraction of sp³-hybridized carbons (Fsp3) is 1.00. The second-order valence-electron chi connectivity index (χ2n) is 4.83. The molecule has 1 heterocycles. The predicted octanol–water partition coefficient (Wildman–Crippen LogP) is 1.57. The van der Waals surface area contributed by atoms with Gasteiger partial charge in [0.05, 0.1) is 0 Å². The molecular formula is C11H22N2S. The molecule has 1 saturated heterocycles. The standard InChI is InChI=1S/C11H22N2S/c1-10-8-13(7-6-12-10)9-11(14-2)4-3-5-11/h10,12H,3-9H2,1-2H3. The van der Waals surface area contributed by atoms with Crippen LogP contribution in [-0.4, -0.2) is 48.1 Å². The van der Waals surface area contributed by atoms with Crippen LogP contribution in [0.4, 0.5) is 0 Å². The Hall–Kier alpha value is 0.270. The topological polar surface area (TPSA) is 15.3 Å². The second-order valence-corrected chi connectivity index (χ2v) is 6.11. The van der Waals surface area contributed by atoms with Gasteiger partial charge < -0.3 is 5.32 Å². The van der Waals surface area contributed by atoms with Crippen molar-refractivity contribution < 1.29 is 0 Å². The van der Waals surface area contributed by atoms with Gasteiger partial charge in [0, 0.05) is 37.0 Å². The Morgan fingerprint density at radius 3 is 2.79 bits per heavy atom. The van der Waals surface area contributed by atoms with Crippen LogP contribution in [0.3, 0.4) is 0 Å². The van der Waals surface area contributed by atoms with E-state index in [2.05, 4.69) is 35.2 Å². The van der Waals surface area contributed by atoms with Gasteiger partial charge in [-0.3, -0.25) is 4.90 Å². The molecule has 0 bridgehead atoms. The molecule has 0 aromatic carbocycles. The van der Waals surface area contributed by atoms with Crippen molar-refractivity contribution in [3.63, 3.8) is 0 Å². The van der Waals surface area contributed by atoms with Crippen LogP contribution in [0.15, 0.2) is 0 Å². The van der Waals surface area contributed by atoms with Crippen LogP contribution in [0.25, 0.3) is 0 Å². The Kier molecular flexibility index (Phi) is 3.40. The molecule has 14 heavy (non-hydrogen) atoms. The number of thioether (sulfide) groups is 1. The zero-order valence-electron chi connectivity index (χ0n) is 9.38. The highest BCUT2D eigenvalue weighted by molar-refractivity contribution is 8.00. The third-order valence-electron chi connectivity index (χ3n) is 3.66. The summed E-state index contributed by atoms with van der Waals surface area (Å²) in [5.74, 6) is 0. The molecule has 1 saturated carbocycles. The zero-order chi connectivity index (χ0) is 10.0. The Bertz CT molecular complexity index is 186. The molecule has 0 aromatic rings. The lowest BCUT2D eigenvalue weighted by atomic mass is 9.83. The van der Waals surface area contributed by atoms with Crippen molar-refractivity contribution in [1.82, 2.24) is 10.2 Å². The third kappa shape index (κ3) is 2.26. The van der Waals surface area contributed by atoms with Crippen molar-refractivity contribution in [2.24, 2.45) is 0 Å². The molecule has 2 rings (SSSR count). The first-order valence-corrected chi connectivity index (χ1v) is 6.97. The summed E-state index contributed by atoms with van der Waals surface area (Å²) in [6, 6.07) is 0.683. The highest BCUT2D eigenvalue weighted by Crippen LogP contribution is 2.43. The molecule has 2 nitrogen and oxygen atoms in total. The van der Waals surface area contributed by atoms with Crippen LogP contribution < -0.4 is 5.32 Å². The average Bonchev–Trinajstić information content (AvgIpc) is 2.11. The normalized spacial score (nSPS) is 32.6. The Balaban J connectivity index is 1.83. The molecule has 1 aliphatic carbocycles. The van der Waals surface area contributed by atoms with Gasteiger partial charge in [-0.25, -0.2) is 0 Å². The number of piperazine rings is 1. The van der Waals surface area contributed by atoms with Crippen molar-refractivity contribution in [3.8, 4) is 0 Å². The van der Waals surface area contributed by atoms with Gasteiger partial charge in [0.1, 0.15) is 0 Å². The van der Waals surface area contributed by atoms with Crippen molar-refractivity contribution in [3.05, 3.63) is 0 Å². The van der Waals surface area contributed by atoms with Crippen molar-refractivity contribution in [2.75, 3.05) is 32.4 Å². The quantitative estimate of drug-likeness (QED) is 0.768. The first-order chi connectivity index (χ1) is 6.74. The fourth-order valence-corrected chi connectivity index (χ4v) is 3.57. The first-order valence-electron chi connectivity index (χ1n) is 5.75.